The molecule has 0 aliphatic carbocycles. The Labute approximate surface area is 132 Å². The van der Waals surface area contributed by atoms with E-state index >= 15 is 0 Å². The van der Waals surface area contributed by atoms with Crippen LogP contribution in [0.3, 0.4) is 0 Å². The molecule has 0 spiro atoms. The van der Waals surface area contributed by atoms with Gasteiger partial charge in [-0.2, -0.15) is 0 Å². The summed E-state index contributed by atoms with van der Waals surface area (Å²) in [6, 6.07) is 11.0. The van der Waals surface area contributed by atoms with Crippen LogP contribution >= 0.6 is 0 Å². The van der Waals surface area contributed by atoms with E-state index in [9.17, 15) is 9.59 Å². The molecule has 0 atom stereocenters. The van der Waals surface area contributed by atoms with Crippen LogP contribution in [0.15, 0.2) is 42.5 Å². The number of primary amides is 1. The third-order valence-electron chi connectivity index (χ3n) is 3.19. The SMILES string of the molecule is NC(=O)Nc1cccc(C(=O)Nc2ccc3c(c2)OCCO3)c1. The van der Waals surface area contributed by atoms with Crippen LogP contribution in [0.25, 0.3) is 0 Å². The van der Waals surface area contributed by atoms with Gasteiger partial charge in [-0.1, -0.05) is 6.07 Å². The van der Waals surface area contributed by atoms with Gasteiger partial charge in [-0.3, -0.25) is 4.79 Å². The molecule has 0 bridgehead atoms. The minimum atomic E-state index is -0.686. The van der Waals surface area contributed by atoms with Crippen molar-refractivity contribution in [3.05, 3.63) is 48.0 Å². The second-order valence-electron chi connectivity index (χ2n) is 4.88. The van der Waals surface area contributed by atoms with Gasteiger partial charge in [0.05, 0.1) is 0 Å². The van der Waals surface area contributed by atoms with Gasteiger partial charge in [-0.15, -0.1) is 0 Å². The maximum atomic E-state index is 12.3. The monoisotopic (exact) mass is 313 g/mol. The zero-order valence-electron chi connectivity index (χ0n) is 12.2. The van der Waals surface area contributed by atoms with Gasteiger partial charge in [-0.05, 0) is 30.3 Å². The summed E-state index contributed by atoms with van der Waals surface area (Å²) < 4.78 is 10.9. The number of ether oxygens (including phenoxy) is 2. The number of anilines is 2. The van der Waals surface area contributed by atoms with Crippen LogP contribution in [-0.2, 0) is 0 Å². The Morgan fingerprint density at radius 3 is 2.43 bits per heavy atom. The fourth-order valence-electron chi connectivity index (χ4n) is 2.20. The molecular formula is C16H15N3O4. The van der Waals surface area contributed by atoms with Crippen LogP contribution in [-0.4, -0.2) is 25.2 Å². The molecule has 118 valence electrons. The van der Waals surface area contributed by atoms with E-state index in [1.165, 1.54) is 6.07 Å². The molecule has 0 saturated heterocycles. The molecular weight excluding hydrogens is 298 g/mol. The molecule has 3 rings (SSSR count). The first kappa shape index (κ1) is 14.7. The summed E-state index contributed by atoms with van der Waals surface area (Å²) in [5.41, 5.74) is 6.50. The lowest BCUT2D eigenvalue weighted by atomic mass is 10.1. The van der Waals surface area contributed by atoms with Crippen LogP contribution in [0.5, 0.6) is 11.5 Å². The summed E-state index contributed by atoms with van der Waals surface area (Å²) in [5.74, 6) is 0.940. The topological polar surface area (TPSA) is 103 Å². The lowest BCUT2D eigenvalue weighted by Crippen LogP contribution is -2.20. The summed E-state index contributed by atoms with van der Waals surface area (Å²) in [7, 11) is 0. The molecule has 0 unspecified atom stereocenters. The number of nitrogens with two attached hydrogens (primary N) is 1. The average Bonchev–Trinajstić information content (AvgIpc) is 2.54. The van der Waals surface area contributed by atoms with Crippen LogP contribution in [0.4, 0.5) is 16.2 Å². The Balaban J connectivity index is 1.75. The van der Waals surface area contributed by atoms with Gasteiger partial charge >= 0.3 is 6.03 Å². The number of carbonyl (C=O) groups excluding carboxylic acids is 2. The zero-order valence-corrected chi connectivity index (χ0v) is 12.2. The Kier molecular flexibility index (Phi) is 4.01. The summed E-state index contributed by atoms with van der Waals surface area (Å²) in [4.78, 5) is 23.2. The van der Waals surface area contributed by atoms with Crippen LogP contribution in [0.2, 0.25) is 0 Å². The Hall–Kier alpha value is -3.22. The number of nitrogens with one attached hydrogen (secondary N) is 2. The highest BCUT2D eigenvalue weighted by Crippen LogP contribution is 2.32. The van der Waals surface area contributed by atoms with E-state index in [1.807, 2.05) is 0 Å². The largest absolute Gasteiger partial charge is 0.486 e. The zero-order chi connectivity index (χ0) is 16.2. The third kappa shape index (κ3) is 3.52. The molecule has 0 saturated carbocycles. The average molecular weight is 313 g/mol. The Morgan fingerprint density at radius 1 is 0.913 bits per heavy atom. The van der Waals surface area contributed by atoms with Crippen molar-refractivity contribution in [2.75, 3.05) is 23.8 Å². The van der Waals surface area contributed by atoms with E-state index in [1.54, 1.807) is 36.4 Å². The van der Waals surface area contributed by atoms with E-state index in [2.05, 4.69) is 10.6 Å². The molecule has 1 aliphatic rings. The predicted octanol–water partition coefficient (Wildman–Crippen LogP) is 2.20. The van der Waals surface area contributed by atoms with Crippen LogP contribution < -0.4 is 25.8 Å². The smallest absolute Gasteiger partial charge is 0.316 e. The second-order valence-corrected chi connectivity index (χ2v) is 4.88. The Morgan fingerprint density at radius 2 is 1.65 bits per heavy atom. The fraction of sp³-hybridized carbons (Fsp3) is 0.125. The summed E-state index contributed by atoms with van der Waals surface area (Å²) >= 11 is 0. The minimum Gasteiger partial charge on any atom is -0.486 e. The first-order chi connectivity index (χ1) is 11.1. The van der Waals surface area contributed by atoms with E-state index in [0.717, 1.165) is 0 Å². The summed E-state index contributed by atoms with van der Waals surface area (Å²) in [5, 5.41) is 5.20. The molecule has 0 fully saturated rings. The molecule has 2 aromatic carbocycles. The summed E-state index contributed by atoms with van der Waals surface area (Å²) in [6.45, 7) is 0.990. The van der Waals surface area contributed by atoms with Crippen molar-refractivity contribution >= 4 is 23.3 Å². The number of hydrogen-bond acceptors (Lipinski definition) is 4. The molecule has 23 heavy (non-hydrogen) atoms. The first-order valence-electron chi connectivity index (χ1n) is 6.99. The molecule has 4 N–H and O–H groups in total. The summed E-state index contributed by atoms with van der Waals surface area (Å²) in [6.07, 6.45) is 0. The first-order valence-corrected chi connectivity index (χ1v) is 6.99. The van der Waals surface area contributed by atoms with E-state index < -0.39 is 6.03 Å². The van der Waals surface area contributed by atoms with Gasteiger partial charge in [0.25, 0.3) is 5.91 Å². The molecule has 1 heterocycles. The van der Waals surface area contributed by atoms with E-state index in [0.29, 0.717) is 41.7 Å². The third-order valence-corrected chi connectivity index (χ3v) is 3.19. The van der Waals surface area contributed by atoms with E-state index in [-0.39, 0.29) is 5.91 Å². The molecule has 0 radical (unpaired) electrons. The molecule has 7 nitrogen and oxygen atoms in total. The van der Waals surface area contributed by atoms with Crippen molar-refractivity contribution in [1.82, 2.24) is 0 Å². The molecule has 2 aromatic rings. The van der Waals surface area contributed by atoms with Gasteiger partial charge < -0.3 is 25.8 Å². The van der Waals surface area contributed by atoms with Gasteiger partial charge in [0.15, 0.2) is 11.5 Å². The van der Waals surface area contributed by atoms with Crippen molar-refractivity contribution < 1.29 is 19.1 Å². The van der Waals surface area contributed by atoms with Crippen molar-refractivity contribution in [3.63, 3.8) is 0 Å². The van der Waals surface area contributed by atoms with Gasteiger partial charge in [-0.25, -0.2) is 4.79 Å². The van der Waals surface area contributed by atoms with Gasteiger partial charge in [0.2, 0.25) is 0 Å². The lowest BCUT2D eigenvalue weighted by molar-refractivity contribution is 0.102. The quantitative estimate of drug-likeness (QED) is 0.808. The minimum absolute atomic E-state index is 0.310. The standard InChI is InChI=1S/C16H15N3O4/c17-16(21)19-11-3-1-2-10(8-11)15(20)18-12-4-5-13-14(9-12)23-7-6-22-13/h1-5,8-9H,6-7H2,(H,18,20)(H3,17,19,21). The molecule has 7 heteroatoms. The predicted molar refractivity (Wildman–Crippen MR) is 85.0 cm³/mol. The number of fused-ring (bicyclic) bond motifs is 1. The highest BCUT2D eigenvalue weighted by Gasteiger charge is 2.13. The molecule has 3 amide bonds. The number of amides is 3. The fourth-order valence-corrected chi connectivity index (χ4v) is 2.20. The number of benzene rings is 2. The number of carbonyl (C=O) groups is 2. The van der Waals surface area contributed by atoms with Crippen molar-refractivity contribution in [1.29, 1.82) is 0 Å². The maximum absolute atomic E-state index is 12.3. The van der Waals surface area contributed by atoms with E-state index in [4.69, 9.17) is 15.2 Å². The second kappa shape index (κ2) is 6.27. The van der Waals surface area contributed by atoms with Crippen molar-refractivity contribution in [3.8, 4) is 11.5 Å². The number of rotatable bonds is 3. The van der Waals surface area contributed by atoms with Crippen molar-refractivity contribution in [2.24, 2.45) is 5.73 Å². The highest BCUT2D eigenvalue weighted by atomic mass is 16.6. The number of urea groups is 1. The maximum Gasteiger partial charge on any atom is 0.316 e. The molecule has 0 aromatic heterocycles. The lowest BCUT2D eigenvalue weighted by Gasteiger charge is -2.19. The number of hydrogen-bond donors (Lipinski definition) is 3. The van der Waals surface area contributed by atoms with Crippen LogP contribution in [0, 0.1) is 0 Å². The highest BCUT2D eigenvalue weighted by molar-refractivity contribution is 6.05. The van der Waals surface area contributed by atoms with Crippen molar-refractivity contribution in [2.45, 2.75) is 0 Å². The van der Waals surface area contributed by atoms with Crippen LogP contribution in [0.1, 0.15) is 10.4 Å². The molecule has 1 aliphatic heterocycles. The normalized spacial score (nSPS) is 12.3. The van der Waals surface area contributed by atoms with Gasteiger partial charge in [0, 0.05) is 23.0 Å². The Bertz CT molecular complexity index is 761. The van der Waals surface area contributed by atoms with Gasteiger partial charge in [0.1, 0.15) is 13.2 Å².